The Bertz CT molecular complexity index is 1030. The van der Waals surface area contributed by atoms with Crippen LogP contribution in [0.2, 0.25) is 0 Å². The van der Waals surface area contributed by atoms with Crippen molar-refractivity contribution < 1.29 is 34.5 Å². The molecular weight excluding hydrogens is 564 g/mol. The lowest BCUT2D eigenvalue weighted by molar-refractivity contribution is -0.214. The Morgan fingerprint density at radius 2 is 1.43 bits per heavy atom. The summed E-state index contributed by atoms with van der Waals surface area (Å²) in [5.74, 6) is -4.41. The summed E-state index contributed by atoms with van der Waals surface area (Å²) in [6, 6.07) is 9.75. The molecule has 0 saturated carbocycles. The highest BCUT2D eigenvalue weighted by atomic mass is 32.2. The fourth-order valence-corrected chi connectivity index (χ4v) is 5.01. The van der Waals surface area contributed by atoms with Crippen LogP contribution in [0.4, 0.5) is 0 Å². The molecule has 1 aromatic carbocycles. The van der Waals surface area contributed by atoms with Gasteiger partial charge in [-0.1, -0.05) is 45.9 Å². The predicted octanol–water partition coefficient (Wildman–Crippen LogP) is 2.61. The van der Waals surface area contributed by atoms with E-state index in [2.05, 4.69) is 14.8 Å². The first kappa shape index (κ1) is 36.6. The molecule has 0 heterocycles. The molecule has 42 heavy (non-hydrogen) atoms. The topological polar surface area (TPSA) is 170 Å². The Morgan fingerprint density at radius 3 is 1.90 bits per heavy atom. The lowest BCUT2D eigenvalue weighted by Crippen LogP contribution is -2.54. The molecule has 0 fully saturated rings. The molecule has 234 valence electrons. The maximum Gasteiger partial charge on any atom is 0.340 e. The van der Waals surface area contributed by atoms with Gasteiger partial charge in [0, 0.05) is 36.8 Å². The summed E-state index contributed by atoms with van der Waals surface area (Å²) in [5.41, 5.74) is -2.74. The van der Waals surface area contributed by atoms with Gasteiger partial charge in [0.15, 0.2) is 0 Å². The lowest BCUT2D eigenvalue weighted by Gasteiger charge is -2.35. The minimum atomic E-state index is -2.74. The van der Waals surface area contributed by atoms with E-state index in [1.807, 2.05) is 58.0 Å². The van der Waals surface area contributed by atoms with Gasteiger partial charge in [-0.05, 0) is 38.3 Å². The standard InChI is InChI=1S/C28H44N6O7S/c1-5-31(6-2)15-14-30-27(34(22-29)41-28(26(39)40,20-24(35)36)21-25(37)38)33(17-16-32(7-3)8-4)18-19-42-23-12-10-9-11-13-23/h9-13H,5-8,14-21H2,1-4H3,(H,35,36)(H,37,38)(H,39,40). The van der Waals surface area contributed by atoms with E-state index in [9.17, 15) is 35.0 Å². The average molecular weight is 609 g/mol. The summed E-state index contributed by atoms with van der Waals surface area (Å²) < 4.78 is 0. The highest BCUT2D eigenvalue weighted by molar-refractivity contribution is 7.99. The van der Waals surface area contributed by atoms with Gasteiger partial charge >= 0.3 is 17.9 Å². The summed E-state index contributed by atoms with van der Waals surface area (Å²) in [6.07, 6.45) is -0.571. The maximum absolute atomic E-state index is 12.3. The number of rotatable bonds is 21. The third-order valence-electron chi connectivity index (χ3n) is 6.60. The molecule has 0 aromatic heterocycles. The molecule has 14 heteroatoms. The number of hydroxylamine groups is 2. The van der Waals surface area contributed by atoms with Crippen LogP contribution in [0.15, 0.2) is 40.2 Å². The van der Waals surface area contributed by atoms with Gasteiger partial charge in [-0.25, -0.2) is 14.6 Å². The summed E-state index contributed by atoms with van der Waals surface area (Å²) >= 11 is 1.59. The summed E-state index contributed by atoms with van der Waals surface area (Å²) in [5, 5.41) is 39.5. The first-order valence-electron chi connectivity index (χ1n) is 14.0. The number of aliphatic imine (C=N–C) groups is 1. The molecule has 0 aliphatic carbocycles. The molecule has 0 spiro atoms. The van der Waals surface area contributed by atoms with Crippen molar-refractivity contribution in [2.75, 3.05) is 64.7 Å². The number of benzene rings is 1. The second-order valence-electron chi connectivity index (χ2n) is 9.31. The molecule has 0 unspecified atom stereocenters. The Hall–Kier alpha value is -3.38. The fraction of sp³-hybridized carbons (Fsp3) is 0.607. The largest absolute Gasteiger partial charge is 0.481 e. The first-order chi connectivity index (χ1) is 20.0. The maximum atomic E-state index is 12.3. The van der Waals surface area contributed by atoms with E-state index in [1.54, 1.807) is 22.9 Å². The van der Waals surface area contributed by atoms with Crippen molar-refractivity contribution in [3.63, 3.8) is 0 Å². The monoisotopic (exact) mass is 608 g/mol. The molecule has 0 radical (unpaired) electrons. The molecule has 0 aliphatic rings. The molecule has 13 nitrogen and oxygen atoms in total. The minimum absolute atomic E-state index is 0.00752. The molecule has 0 bridgehead atoms. The first-order valence-corrected chi connectivity index (χ1v) is 15.0. The van der Waals surface area contributed by atoms with Gasteiger partial charge in [-0.2, -0.15) is 5.26 Å². The molecule has 3 N–H and O–H groups in total. The van der Waals surface area contributed by atoms with Crippen molar-refractivity contribution in [3.05, 3.63) is 30.3 Å². The lowest BCUT2D eigenvalue weighted by atomic mass is 9.95. The molecule has 1 aromatic rings. The third-order valence-corrected chi connectivity index (χ3v) is 7.59. The van der Waals surface area contributed by atoms with Gasteiger partial charge in [0.05, 0.1) is 19.4 Å². The van der Waals surface area contributed by atoms with E-state index < -0.39 is 36.4 Å². The minimum Gasteiger partial charge on any atom is -0.481 e. The van der Waals surface area contributed by atoms with E-state index in [0.29, 0.717) is 37.0 Å². The zero-order valence-corrected chi connectivity index (χ0v) is 25.8. The van der Waals surface area contributed by atoms with Gasteiger partial charge in [-0.15, -0.1) is 16.8 Å². The number of nitriles is 1. The van der Waals surface area contributed by atoms with E-state index >= 15 is 0 Å². The van der Waals surface area contributed by atoms with Crippen molar-refractivity contribution in [1.29, 1.82) is 5.26 Å². The normalized spacial score (nSPS) is 11.9. The van der Waals surface area contributed by atoms with Gasteiger partial charge in [0.1, 0.15) is 0 Å². The quantitative estimate of drug-likeness (QED) is 0.0465. The molecular formula is C28H44N6O7S. The van der Waals surface area contributed by atoms with Crippen molar-refractivity contribution >= 4 is 35.6 Å². The van der Waals surface area contributed by atoms with E-state index in [0.717, 1.165) is 31.1 Å². The summed E-state index contributed by atoms with van der Waals surface area (Å²) in [6.45, 7) is 13.4. The van der Waals surface area contributed by atoms with Crippen molar-refractivity contribution in [3.8, 4) is 6.19 Å². The average Bonchev–Trinajstić information content (AvgIpc) is 2.96. The molecule has 0 atom stereocenters. The van der Waals surface area contributed by atoms with E-state index in [1.165, 1.54) is 0 Å². The highest BCUT2D eigenvalue weighted by Gasteiger charge is 2.48. The van der Waals surface area contributed by atoms with Crippen LogP contribution in [0.25, 0.3) is 0 Å². The Kier molecular flexibility index (Phi) is 17.2. The Morgan fingerprint density at radius 1 is 0.881 bits per heavy atom. The van der Waals surface area contributed by atoms with Gasteiger partial charge < -0.3 is 30.0 Å². The predicted molar refractivity (Wildman–Crippen MR) is 160 cm³/mol. The zero-order valence-electron chi connectivity index (χ0n) is 24.9. The van der Waals surface area contributed by atoms with Crippen LogP contribution in [0.5, 0.6) is 0 Å². The molecule has 0 amide bonds. The van der Waals surface area contributed by atoms with Crippen LogP contribution >= 0.6 is 11.8 Å². The number of carbonyl (C=O) groups is 3. The number of hydrogen-bond acceptors (Lipinski definition) is 9. The highest BCUT2D eigenvalue weighted by Crippen LogP contribution is 2.25. The number of carboxylic acid groups (broad SMARTS) is 3. The van der Waals surface area contributed by atoms with E-state index in [4.69, 9.17) is 4.84 Å². The van der Waals surface area contributed by atoms with Crippen molar-refractivity contribution in [2.45, 2.75) is 51.0 Å². The van der Waals surface area contributed by atoms with E-state index in [-0.39, 0.29) is 12.5 Å². The number of nitrogens with zero attached hydrogens (tertiary/aromatic N) is 6. The number of guanidine groups is 1. The molecule has 0 aliphatic heterocycles. The van der Waals surface area contributed by atoms with Crippen LogP contribution in [-0.4, -0.2) is 129 Å². The van der Waals surface area contributed by atoms with Crippen LogP contribution in [0.3, 0.4) is 0 Å². The zero-order chi connectivity index (χ0) is 31.5. The van der Waals surface area contributed by atoms with Crippen molar-refractivity contribution in [1.82, 2.24) is 19.8 Å². The summed E-state index contributed by atoms with van der Waals surface area (Å²) in [7, 11) is 0. The van der Waals surface area contributed by atoms with Gasteiger partial charge in [0.2, 0.25) is 17.8 Å². The van der Waals surface area contributed by atoms with Gasteiger partial charge in [-0.3, -0.25) is 9.59 Å². The fourth-order valence-electron chi connectivity index (χ4n) is 4.11. The van der Waals surface area contributed by atoms with Crippen molar-refractivity contribution in [2.24, 2.45) is 4.99 Å². The Labute approximate surface area is 252 Å². The number of aliphatic carboxylic acids is 3. The molecule has 0 saturated heterocycles. The molecule has 1 rings (SSSR count). The van der Waals surface area contributed by atoms with Crippen LogP contribution in [0, 0.1) is 11.5 Å². The van der Waals surface area contributed by atoms with Crippen LogP contribution in [0.1, 0.15) is 40.5 Å². The number of likely N-dealkylation sites (N-methyl/N-ethyl adjacent to an activating group) is 2. The Balaban J connectivity index is 3.53. The third kappa shape index (κ3) is 12.6. The van der Waals surface area contributed by atoms with Crippen LogP contribution in [-0.2, 0) is 19.2 Å². The summed E-state index contributed by atoms with van der Waals surface area (Å²) in [4.78, 5) is 52.9. The second kappa shape index (κ2) is 19.7. The smallest absolute Gasteiger partial charge is 0.340 e. The van der Waals surface area contributed by atoms with Crippen LogP contribution < -0.4 is 0 Å². The van der Waals surface area contributed by atoms with Gasteiger partial charge in [0.25, 0.3) is 0 Å². The number of carboxylic acids is 3. The number of hydrogen-bond donors (Lipinski definition) is 3. The number of thioether (sulfide) groups is 1. The second-order valence-corrected chi connectivity index (χ2v) is 10.5. The SMILES string of the molecule is CCN(CC)CCN=C(N(CCSc1ccccc1)CCN(CC)CC)N(C#N)OC(CC(=O)O)(CC(=O)O)C(=O)O.